The van der Waals surface area contributed by atoms with E-state index in [1.807, 2.05) is 30.3 Å². The van der Waals surface area contributed by atoms with E-state index in [2.05, 4.69) is 5.32 Å². The van der Waals surface area contributed by atoms with Crippen LogP contribution in [0.4, 0.5) is 5.69 Å². The number of benzene rings is 2. The molecule has 0 unspecified atom stereocenters. The number of furan rings is 1. The third kappa shape index (κ3) is 3.30. The maximum absolute atomic E-state index is 11.9. The highest BCUT2D eigenvalue weighted by atomic mass is 32.2. The number of thioether (sulfide) groups is 1. The molecule has 0 aliphatic carbocycles. The van der Waals surface area contributed by atoms with Gasteiger partial charge in [-0.1, -0.05) is 18.2 Å². The van der Waals surface area contributed by atoms with Gasteiger partial charge >= 0.3 is 0 Å². The standard InChI is InChI=1S/C17H15NO5S/c1-22-15-6-11-10-4-2-3-5-13(10)23-14(11)7-12(15)18-16(19)8-24-9-17(20)21/h2-7H,8-9H2,1H3,(H,18,19)(H,20,21)/p-1. The average molecular weight is 344 g/mol. The van der Waals surface area contributed by atoms with Gasteiger partial charge in [0.2, 0.25) is 5.91 Å². The van der Waals surface area contributed by atoms with E-state index in [-0.39, 0.29) is 17.4 Å². The van der Waals surface area contributed by atoms with Crippen molar-refractivity contribution < 1.29 is 23.8 Å². The van der Waals surface area contributed by atoms with Gasteiger partial charge in [-0.2, -0.15) is 0 Å². The van der Waals surface area contributed by atoms with Crippen LogP contribution in [0, 0.1) is 0 Å². The monoisotopic (exact) mass is 344 g/mol. The number of hydrogen-bond acceptors (Lipinski definition) is 6. The molecule has 0 aliphatic rings. The lowest BCUT2D eigenvalue weighted by atomic mass is 10.1. The van der Waals surface area contributed by atoms with E-state index in [4.69, 9.17) is 9.15 Å². The molecule has 0 aliphatic heterocycles. The van der Waals surface area contributed by atoms with Crippen LogP contribution in [0.25, 0.3) is 21.9 Å². The lowest BCUT2D eigenvalue weighted by Crippen LogP contribution is -2.25. The number of amides is 1. The second-order valence-electron chi connectivity index (χ2n) is 5.06. The molecule has 124 valence electrons. The molecular formula is C17H14NO5S-. The molecule has 7 heteroatoms. The minimum atomic E-state index is -1.20. The first-order valence-corrected chi connectivity index (χ1v) is 8.30. The minimum Gasteiger partial charge on any atom is -0.549 e. The maximum atomic E-state index is 11.9. The zero-order chi connectivity index (χ0) is 17.1. The Morgan fingerprint density at radius 3 is 2.71 bits per heavy atom. The van der Waals surface area contributed by atoms with Crippen LogP contribution in [0.3, 0.4) is 0 Å². The van der Waals surface area contributed by atoms with Crippen LogP contribution in [0.1, 0.15) is 0 Å². The number of hydrogen-bond donors (Lipinski definition) is 1. The number of carboxylic acid groups (broad SMARTS) is 1. The molecule has 0 saturated heterocycles. The number of rotatable bonds is 6. The number of carbonyl (C=O) groups excluding carboxylic acids is 2. The minimum absolute atomic E-state index is 0.00923. The van der Waals surface area contributed by atoms with Gasteiger partial charge in [-0.3, -0.25) is 4.79 Å². The summed E-state index contributed by atoms with van der Waals surface area (Å²) in [6, 6.07) is 11.2. The molecule has 24 heavy (non-hydrogen) atoms. The van der Waals surface area contributed by atoms with Crippen molar-refractivity contribution in [3.8, 4) is 5.75 Å². The Morgan fingerprint density at radius 2 is 1.96 bits per heavy atom. The fraction of sp³-hybridized carbons (Fsp3) is 0.176. The Balaban J connectivity index is 1.88. The number of carboxylic acids is 1. The molecule has 6 nitrogen and oxygen atoms in total. The Labute approximate surface area is 141 Å². The summed E-state index contributed by atoms with van der Waals surface area (Å²) < 4.78 is 11.1. The second-order valence-corrected chi connectivity index (χ2v) is 6.05. The molecule has 0 saturated carbocycles. The van der Waals surface area contributed by atoms with Gasteiger partial charge in [0.25, 0.3) is 0 Å². The molecule has 0 radical (unpaired) electrons. The Hall–Kier alpha value is -2.67. The summed E-state index contributed by atoms with van der Waals surface area (Å²) in [7, 11) is 1.52. The molecule has 3 aromatic rings. The molecule has 0 bridgehead atoms. The van der Waals surface area contributed by atoms with Crippen molar-refractivity contribution in [1.82, 2.24) is 0 Å². The number of fused-ring (bicyclic) bond motifs is 3. The van der Waals surface area contributed by atoms with Crippen LogP contribution >= 0.6 is 11.8 Å². The van der Waals surface area contributed by atoms with E-state index in [1.54, 1.807) is 6.07 Å². The Morgan fingerprint density at radius 1 is 1.17 bits per heavy atom. The first-order chi connectivity index (χ1) is 11.6. The first-order valence-electron chi connectivity index (χ1n) is 7.15. The molecule has 1 heterocycles. The smallest absolute Gasteiger partial charge is 0.234 e. The fourth-order valence-corrected chi connectivity index (χ4v) is 2.96. The van der Waals surface area contributed by atoms with Gasteiger partial charge in [-0.05, 0) is 12.1 Å². The zero-order valence-electron chi connectivity index (χ0n) is 12.8. The van der Waals surface area contributed by atoms with Crippen molar-refractivity contribution in [3.05, 3.63) is 36.4 Å². The maximum Gasteiger partial charge on any atom is 0.234 e. The summed E-state index contributed by atoms with van der Waals surface area (Å²) in [5.41, 5.74) is 1.86. The molecule has 2 aromatic carbocycles. The van der Waals surface area contributed by atoms with Crippen LogP contribution < -0.4 is 15.2 Å². The van der Waals surface area contributed by atoms with E-state index in [0.717, 1.165) is 28.1 Å². The topological polar surface area (TPSA) is 91.6 Å². The van der Waals surface area contributed by atoms with E-state index in [0.29, 0.717) is 17.0 Å². The molecule has 1 amide bonds. The summed E-state index contributed by atoms with van der Waals surface area (Å²) in [5.74, 6) is -1.24. The number of methoxy groups -OCH3 is 1. The van der Waals surface area contributed by atoms with E-state index >= 15 is 0 Å². The summed E-state index contributed by atoms with van der Waals surface area (Å²) in [6.07, 6.45) is 0. The Bertz CT molecular complexity index is 918. The van der Waals surface area contributed by atoms with Crippen LogP contribution in [0.5, 0.6) is 5.75 Å². The molecule has 1 aromatic heterocycles. The van der Waals surface area contributed by atoms with Crippen molar-refractivity contribution in [2.45, 2.75) is 0 Å². The highest BCUT2D eigenvalue weighted by Crippen LogP contribution is 2.36. The lowest BCUT2D eigenvalue weighted by Gasteiger charge is -2.10. The summed E-state index contributed by atoms with van der Waals surface area (Å²) in [5, 5.41) is 14.9. The molecule has 3 rings (SSSR count). The summed E-state index contributed by atoms with van der Waals surface area (Å²) >= 11 is 0.971. The van der Waals surface area contributed by atoms with Gasteiger partial charge < -0.3 is 24.4 Å². The fourth-order valence-electron chi connectivity index (χ4n) is 2.43. The zero-order valence-corrected chi connectivity index (χ0v) is 13.6. The Kier molecular flexibility index (Phi) is 4.61. The molecule has 0 spiro atoms. The van der Waals surface area contributed by atoms with Gasteiger partial charge in [-0.25, -0.2) is 0 Å². The van der Waals surface area contributed by atoms with Gasteiger partial charge in [0, 0.05) is 22.6 Å². The molecule has 0 atom stereocenters. The normalized spacial score (nSPS) is 10.9. The van der Waals surface area contributed by atoms with E-state index < -0.39 is 5.97 Å². The van der Waals surface area contributed by atoms with Crippen molar-refractivity contribution in [3.63, 3.8) is 0 Å². The van der Waals surface area contributed by atoms with Crippen LogP contribution in [0.2, 0.25) is 0 Å². The van der Waals surface area contributed by atoms with Crippen LogP contribution in [0.15, 0.2) is 40.8 Å². The number of anilines is 1. The average Bonchev–Trinajstić information content (AvgIpc) is 2.91. The molecule has 1 N–H and O–H groups in total. The molecular weight excluding hydrogens is 330 g/mol. The van der Waals surface area contributed by atoms with Crippen molar-refractivity contribution in [1.29, 1.82) is 0 Å². The largest absolute Gasteiger partial charge is 0.549 e. The number of ether oxygens (including phenoxy) is 1. The number of aliphatic carboxylic acids is 1. The quantitative estimate of drug-likeness (QED) is 0.735. The highest BCUT2D eigenvalue weighted by Gasteiger charge is 2.14. The number of carbonyl (C=O) groups is 2. The van der Waals surface area contributed by atoms with Gasteiger partial charge in [0.05, 0.1) is 24.5 Å². The van der Waals surface area contributed by atoms with Gasteiger partial charge in [0.1, 0.15) is 16.9 Å². The van der Waals surface area contributed by atoms with E-state index in [9.17, 15) is 14.7 Å². The second kappa shape index (κ2) is 6.84. The SMILES string of the molecule is COc1cc2c(cc1NC(=O)CSCC(=O)[O-])oc1ccccc12. The predicted molar refractivity (Wildman–Crippen MR) is 91.2 cm³/mol. The molecule has 0 fully saturated rings. The third-order valence-electron chi connectivity index (χ3n) is 3.43. The number of nitrogens with one attached hydrogen (secondary N) is 1. The van der Waals surface area contributed by atoms with Crippen molar-refractivity contribution in [2.24, 2.45) is 0 Å². The van der Waals surface area contributed by atoms with Crippen LogP contribution in [-0.4, -0.2) is 30.5 Å². The van der Waals surface area contributed by atoms with Gasteiger partial charge in [-0.15, -0.1) is 11.8 Å². The predicted octanol–water partition coefficient (Wildman–Crippen LogP) is 2.02. The van der Waals surface area contributed by atoms with Crippen LogP contribution in [-0.2, 0) is 9.59 Å². The van der Waals surface area contributed by atoms with Crippen molar-refractivity contribution in [2.75, 3.05) is 23.9 Å². The summed E-state index contributed by atoms with van der Waals surface area (Å²) in [6.45, 7) is 0. The van der Waals surface area contributed by atoms with Gasteiger partial charge in [0.15, 0.2) is 0 Å². The first kappa shape index (κ1) is 16.2. The number of para-hydroxylation sites is 1. The van der Waals surface area contributed by atoms with E-state index in [1.165, 1.54) is 7.11 Å². The lowest BCUT2D eigenvalue weighted by molar-refractivity contribution is -0.301. The van der Waals surface area contributed by atoms with Crippen molar-refractivity contribution >= 4 is 51.3 Å². The summed E-state index contributed by atoms with van der Waals surface area (Å²) in [4.78, 5) is 22.3. The highest BCUT2D eigenvalue weighted by molar-refractivity contribution is 8.00. The third-order valence-corrected chi connectivity index (χ3v) is 4.33.